The molecule has 1 unspecified atom stereocenters. The fraction of sp³-hybridized carbons (Fsp3) is 0.667. The Kier molecular flexibility index (Phi) is 2.93. The van der Waals surface area contributed by atoms with Crippen LogP contribution in [0, 0.1) is 0 Å². The molecule has 0 aromatic heterocycles. The lowest BCUT2D eigenvalue weighted by Gasteiger charge is -2.18. The van der Waals surface area contributed by atoms with Gasteiger partial charge in [0.05, 0.1) is 0 Å². The molecule has 0 rings (SSSR count). The molecule has 0 fully saturated rings. The molecule has 0 bridgehead atoms. The van der Waals surface area contributed by atoms with Crippen LogP contribution in [-0.4, -0.2) is 28.9 Å². The highest BCUT2D eigenvalue weighted by Crippen LogP contribution is 1.81. The predicted molar refractivity (Wildman–Crippen MR) is 31.1 cm³/mol. The van der Waals surface area contributed by atoms with E-state index in [4.69, 9.17) is 22.4 Å². The van der Waals surface area contributed by atoms with E-state index in [1.165, 1.54) is 0 Å². The monoisotopic (exact) mass is 134 g/mol. The summed E-state index contributed by atoms with van der Waals surface area (Å²) in [6.45, 7) is 0.0167. The number of carbonyl (C=O) groups is 1. The Bertz CT molecular complexity index is 106. The Balaban J connectivity index is 3.72. The van der Waals surface area contributed by atoms with Gasteiger partial charge in [-0.15, -0.1) is 0 Å². The molecular weight excluding hydrogens is 124 g/mol. The first-order chi connectivity index (χ1) is 4.09. The molecule has 0 heterocycles. The van der Waals surface area contributed by atoms with Gasteiger partial charge >= 0.3 is 6.09 Å². The van der Waals surface area contributed by atoms with Crippen LogP contribution >= 0.6 is 0 Å². The molecule has 0 saturated carbocycles. The number of hydrogen-bond acceptors (Lipinski definition) is 4. The van der Waals surface area contributed by atoms with E-state index in [1.54, 1.807) is 0 Å². The molecule has 0 spiro atoms. The van der Waals surface area contributed by atoms with E-state index in [1.807, 2.05) is 0 Å². The van der Waals surface area contributed by atoms with Crippen LogP contribution in [0.4, 0.5) is 4.79 Å². The third kappa shape index (κ3) is 2.27. The normalized spacial score (nSPS) is 12.8. The first-order valence-electron chi connectivity index (χ1n) is 2.32. The highest BCUT2D eigenvalue weighted by molar-refractivity contribution is 5.64. The Morgan fingerprint density at radius 3 is 2.33 bits per heavy atom. The van der Waals surface area contributed by atoms with E-state index in [-0.39, 0.29) is 6.54 Å². The standard InChI is InChI=1S/C3H10N4O2/c4-1-2(5)7(6)3(8)9/h2H,1,4-6H2,(H,8,9). The van der Waals surface area contributed by atoms with Gasteiger partial charge in [-0.1, -0.05) is 0 Å². The van der Waals surface area contributed by atoms with Crippen LogP contribution in [0.3, 0.4) is 0 Å². The van der Waals surface area contributed by atoms with Crippen LogP contribution in [0.2, 0.25) is 0 Å². The smallest absolute Gasteiger partial charge is 0.423 e. The first kappa shape index (κ1) is 8.15. The molecule has 1 amide bonds. The van der Waals surface area contributed by atoms with Crippen molar-refractivity contribution >= 4 is 6.09 Å². The topological polar surface area (TPSA) is 119 Å². The van der Waals surface area contributed by atoms with Gasteiger partial charge < -0.3 is 16.6 Å². The molecule has 6 heteroatoms. The molecule has 0 aliphatic rings. The molecule has 54 valence electrons. The lowest BCUT2D eigenvalue weighted by molar-refractivity contribution is 0.127. The average molecular weight is 134 g/mol. The van der Waals surface area contributed by atoms with Gasteiger partial charge in [-0.05, 0) is 0 Å². The van der Waals surface area contributed by atoms with Crippen molar-refractivity contribution in [3.63, 3.8) is 0 Å². The number of amides is 1. The van der Waals surface area contributed by atoms with E-state index >= 15 is 0 Å². The van der Waals surface area contributed by atoms with Crippen molar-refractivity contribution in [2.75, 3.05) is 6.54 Å². The maximum Gasteiger partial charge on any atom is 0.423 e. The Morgan fingerprint density at radius 1 is 1.78 bits per heavy atom. The number of nitrogens with two attached hydrogens (primary N) is 3. The Hall–Kier alpha value is -0.850. The summed E-state index contributed by atoms with van der Waals surface area (Å²) in [6.07, 6.45) is -2.10. The molecule has 1 atom stereocenters. The number of hydrogen-bond donors (Lipinski definition) is 4. The fourth-order valence-electron chi connectivity index (χ4n) is 0.255. The summed E-state index contributed by atoms with van der Waals surface area (Å²) in [4.78, 5) is 9.96. The minimum Gasteiger partial charge on any atom is -0.464 e. The Labute approximate surface area is 52.2 Å². The molecule has 0 aliphatic heterocycles. The highest BCUT2D eigenvalue weighted by atomic mass is 16.4. The lowest BCUT2D eigenvalue weighted by atomic mass is 10.5. The summed E-state index contributed by atoms with van der Waals surface area (Å²) < 4.78 is 0. The molecular formula is C3H10N4O2. The summed E-state index contributed by atoms with van der Waals surface area (Å²) in [5, 5.41) is 8.61. The summed E-state index contributed by atoms with van der Waals surface area (Å²) in [6, 6.07) is 0. The third-order valence-electron chi connectivity index (χ3n) is 0.820. The van der Waals surface area contributed by atoms with E-state index < -0.39 is 12.3 Å². The van der Waals surface area contributed by atoms with Crippen LogP contribution in [0.15, 0.2) is 0 Å². The largest absolute Gasteiger partial charge is 0.464 e. The predicted octanol–water partition coefficient (Wildman–Crippen LogP) is -1.92. The van der Waals surface area contributed by atoms with Gasteiger partial charge in [0.15, 0.2) is 0 Å². The quantitative estimate of drug-likeness (QED) is 0.152. The van der Waals surface area contributed by atoms with Crippen molar-refractivity contribution in [1.82, 2.24) is 5.01 Å². The number of carboxylic acid groups (broad SMARTS) is 1. The zero-order valence-electron chi connectivity index (χ0n) is 4.82. The molecule has 0 aliphatic carbocycles. The molecule has 0 saturated heterocycles. The lowest BCUT2D eigenvalue weighted by Crippen LogP contribution is -2.53. The molecule has 0 radical (unpaired) electrons. The number of rotatable bonds is 2. The maximum atomic E-state index is 9.96. The molecule has 0 aromatic carbocycles. The average Bonchev–Trinajstić information content (AvgIpc) is 1.84. The van der Waals surface area contributed by atoms with Gasteiger partial charge in [-0.25, -0.2) is 15.6 Å². The second-order valence-electron chi connectivity index (χ2n) is 1.49. The van der Waals surface area contributed by atoms with Crippen LogP contribution in [0.5, 0.6) is 0 Å². The van der Waals surface area contributed by atoms with Crippen molar-refractivity contribution in [3.8, 4) is 0 Å². The van der Waals surface area contributed by atoms with Crippen LogP contribution in [0.1, 0.15) is 0 Å². The SMILES string of the molecule is NCC(N)N(N)C(=O)O. The van der Waals surface area contributed by atoms with E-state index in [0.717, 1.165) is 0 Å². The second-order valence-corrected chi connectivity index (χ2v) is 1.49. The highest BCUT2D eigenvalue weighted by Gasteiger charge is 2.12. The van der Waals surface area contributed by atoms with Crippen molar-refractivity contribution in [1.29, 1.82) is 0 Å². The van der Waals surface area contributed by atoms with E-state index in [0.29, 0.717) is 5.01 Å². The zero-order chi connectivity index (χ0) is 7.44. The van der Waals surface area contributed by atoms with Crippen LogP contribution in [0.25, 0.3) is 0 Å². The minimum atomic E-state index is -1.28. The molecule has 7 N–H and O–H groups in total. The zero-order valence-corrected chi connectivity index (χ0v) is 4.82. The first-order valence-corrected chi connectivity index (χ1v) is 2.32. The summed E-state index contributed by atoms with van der Waals surface area (Å²) in [5.41, 5.74) is 10.1. The van der Waals surface area contributed by atoms with Crippen molar-refractivity contribution in [3.05, 3.63) is 0 Å². The summed E-state index contributed by atoms with van der Waals surface area (Å²) >= 11 is 0. The molecule has 0 aromatic rings. The summed E-state index contributed by atoms with van der Waals surface area (Å²) in [7, 11) is 0. The summed E-state index contributed by atoms with van der Waals surface area (Å²) in [5.74, 6) is 4.90. The minimum absolute atomic E-state index is 0.0167. The van der Waals surface area contributed by atoms with Gasteiger partial charge in [0.2, 0.25) is 0 Å². The van der Waals surface area contributed by atoms with Crippen molar-refractivity contribution in [2.45, 2.75) is 6.17 Å². The Morgan fingerprint density at radius 2 is 2.22 bits per heavy atom. The van der Waals surface area contributed by atoms with E-state index in [2.05, 4.69) is 0 Å². The number of hydrazine groups is 1. The van der Waals surface area contributed by atoms with Gasteiger partial charge in [-0.3, -0.25) is 0 Å². The third-order valence-corrected chi connectivity index (χ3v) is 0.820. The van der Waals surface area contributed by atoms with E-state index in [9.17, 15) is 4.79 Å². The molecule has 9 heavy (non-hydrogen) atoms. The van der Waals surface area contributed by atoms with Gasteiger partial charge in [0.1, 0.15) is 6.17 Å². The number of nitrogens with zero attached hydrogens (tertiary/aromatic N) is 1. The van der Waals surface area contributed by atoms with Crippen LogP contribution < -0.4 is 17.3 Å². The fourth-order valence-corrected chi connectivity index (χ4v) is 0.255. The molecule has 6 nitrogen and oxygen atoms in total. The van der Waals surface area contributed by atoms with Crippen LogP contribution in [-0.2, 0) is 0 Å². The van der Waals surface area contributed by atoms with Crippen molar-refractivity contribution < 1.29 is 9.90 Å². The second kappa shape index (κ2) is 3.23. The van der Waals surface area contributed by atoms with Gasteiger partial charge in [0.25, 0.3) is 0 Å². The van der Waals surface area contributed by atoms with Gasteiger partial charge in [-0.2, -0.15) is 0 Å². The maximum absolute atomic E-state index is 9.96. The van der Waals surface area contributed by atoms with Crippen molar-refractivity contribution in [2.24, 2.45) is 17.3 Å². The van der Waals surface area contributed by atoms with Gasteiger partial charge in [0, 0.05) is 6.54 Å².